The summed E-state index contributed by atoms with van der Waals surface area (Å²) in [6.07, 6.45) is -5.86. The van der Waals surface area contributed by atoms with Crippen molar-refractivity contribution < 1.29 is 40.7 Å². The second-order valence-corrected chi connectivity index (χ2v) is 10.7. The Kier molecular flexibility index (Phi) is 7.02. The zero-order chi connectivity index (χ0) is 26.3. The fraction of sp³-hybridized carbons (Fsp3) is 0.391. The number of halogens is 4. The van der Waals surface area contributed by atoms with E-state index in [0.29, 0.717) is 18.1 Å². The van der Waals surface area contributed by atoms with Crippen LogP contribution < -0.4 is 5.32 Å². The lowest BCUT2D eigenvalue weighted by atomic mass is 9.95. The largest absolute Gasteiger partial charge is 0.421 e. The van der Waals surface area contributed by atoms with E-state index in [2.05, 4.69) is 5.32 Å². The van der Waals surface area contributed by atoms with Gasteiger partial charge in [0.25, 0.3) is 5.91 Å². The third-order valence-corrected chi connectivity index (χ3v) is 6.89. The normalized spacial score (nSPS) is 18.5. The first-order chi connectivity index (χ1) is 16.0. The highest BCUT2D eigenvalue weighted by Crippen LogP contribution is 2.39. The minimum Gasteiger partial charge on any atom is -0.376 e. The molecule has 0 spiro atoms. The van der Waals surface area contributed by atoms with Crippen LogP contribution in [0.2, 0.25) is 0 Å². The van der Waals surface area contributed by atoms with E-state index in [9.17, 15) is 40.7 Å². The molecule has 1 aliphatic rings. The summed E-state index contributed by atoms with van der Waals surface area (Å²) >= 11 is 0. The number of amides is 2. The number of benzene rings is 2. The topological polar surface area (TPSA) is 104 Å². The Labute approximate surface area is 199 Å². The molecule has 190 valence electrons. The summed E-state index contributed by atoms with van der Waals surface area (Å²) in [4.78, 5) is 27.0. The molecule has 0 fully saturated rings. The van der Waals surface area contributed by atoms with Gasteiger partial charge in [0, 0.05) is 18.5 Å². The van der Waals surface area contributed by atoms with Crippen LogP contribution in [0, 0.1) is 0 Å². The van der Waals surface area contributed by atoms with Crippen LogP contribution in [0.25, 0.3) is 0 Å². The van der Waals surface area contributed by atoms with Gasteiger partial charge < -0.3 is 15.3 Å². The van der Waals surface area contributed by atoms with Crippen molar-refractivity contribution in [3.8, 4) is 0 Å². The highest BCUT2D eigenvalue weighted by Gasteiger charge is 2.51. The molecular weight excluding hydrogens is 492 g/mol. The molecule has 1 heterocycles. The van der Waals surface area contributed by atoms with E-state index in [4.69, 9.17) is 0 Å². The minimum absolute atomic E-state index is 0.00382. The lowest BCUT2D eigenvalue weighted by Crippen LogP contribution is -2.39. The van der Waals surface area contributed by atoms with Crippen LogP contribution in [0.4, 0.5) is 23.2 Å². The molecule has 3 rings (SSSR count). The number of aliphatic hydroxyl groups is 1. The van der Waals surface area contributed by atoms with Crippen molar-refractivity contribution in [2.24, 2.45) is 0 Å². The molecule has 1 aliphatic heterocycles. The smallest absolute Gasteiger partial charge is 0.376 e. The SMILES string of the molecule is C[C@@H](F)CC(=O)N1Cc2cc(S(C)(=O)=O)ccc2C1C(=O)Nc1ccc(C(C)(O)C(F)(F)F)cc1. The molecule has 3 atom stereocenters. The first-order valence-electron chi connectivity index (χ1n) is 10.5. The Morgan fingerprint density at radius 1 is 1.17 bits per heavy atom. The van der Waals surface area contributed by atoms with Gasteiger partial charge in [-0.2, -0.15) is 13.2 Å². The summed E-state index contributed by atoms with van der Waals surface area (Å²) in [5.74, 6) is -1.38. The van der Waals surface area contributed by atoms with E-state index in [0.717, 1.165) is 23.3 Å². The molecule has 0 saturated heterocycles. The van der Waals surface area contributed by atoms with Gasteiger partial charge in [-0.3, -0.25) is 9.59 Å². The number of carbonyl (C=O) groups is 2. The summed E-state index contributed by atoms with van der Waals surface area (Å²) < 4.78 is 76.5. The van der Waals surface area contributed by atoms with Crippen LogP contribution in [0.1, 0.15) is 43.0 Å². The van der Waals surface area contributed by atoms with Crippen LogP contribution in [0.15, 0.2) is 47.4 Å². The first kappa shape index (κ1) is 26.6. The molecule has 0 aromatic heterocycles. The Morgan fingerprint density at radius 3 is 2.29 bits per heavy atom. The van der Waals surface area contributed by atoms with Gasteiger partial charge in [0.1, 0.15) is 12.2 Å². The quantitative estimate of drug-likeness (QED) is 0.571. The van der Waals surface area contributed by atoms with E-state index in [1.807, 2.05) is 0 Å². The molecule has 35 heavy (non-hydrogen) atoms. The number of carbonyl (C=O) groups excluding carboxylic acids is 2. The van der Waals surface area contributed by atoms with Crippen LogP contribution in [-0.4, -0.2) is 48.8 Å². The van der Waals surface area contributed by atoms with E-state index in [1.165, 1.54) is 37.3 Å². The number of sulfone groups is 1. The third-order valence-electron chi connectivity index (χ3n) is 5.78. The van der Waals surface area contributed by atoms with Crippen LogP contribution in [0.3, 0.4) is 0 Å². The van der Waals surface area contributed by atoms with E-state index in [-0.39, 0.29) is 17.1 Å². The lowest BCUT2D eigenvalue weighted by molar-refractivity contribution is -0.258. The van der Waals surface area contributed by atoms with Gasteiger partial charge >= 0.3 is 6.18 Å². The van der Waals surface area contributed by atoms with Crippen molar-refractivity contribution in [2.45, 2.75) is 55.7 Å². The van der Waals surface area contributed by atoms with Gasteiger partial charge in [-0.05, 0) is 54.8 Å². The van der Waals surface area contributed by atoms with Crippen molar-refractivity contribution in [3.63, 3.8) is 0 Å². The summed E-state index contributed by atoms with van der Waals surface area (Å²) in [5.41, 5.74) is -2.67. The number of hydrogen-bond acceptors (Lipinski definition) is 5. The highest BCUT2D eigenvalue weighted by molar-refractivity contribution is 7.90. The van der Waals surface area contributed by atoms with Crippen molar-refractivity contribution in [3.05, 3.63) is 59.2 Å². The maximum Gasteiger partial charge on any atom is 0.421 e. The summed E-state index contributed by atoms with van der Waals surface area (Å²) in [7, 11) is -3.56. The van der Waals surface area contributed by atoms with Crippen LogP contribution >= 0.6 is 0 Å². The monoisotopic (exact) mass is 516 g/mol. The fourth-order valence-electron chi connectivity index (χ4n) is 3.78. The van der Waals surface area contributed by atoms with E-state index >= 15 is 0 Å². The second kappa shape index (κ2) is 9.23. The summed E-state index contributed by atoms with van der Waals surface area (Å²) in [5, 5.41) is 12.3. The lowest BCUT2D eigenvalue weighted by Gasteiger charge is -2.27. The van der Waals surface area contributed by atoms with Gasteiger partial charge in [-0.25, -0.2) is 12.8 Å². The molecule has 2 unspecified atom stereocenters. The number of anilines is 1. The highest BCUT2D eigenvalue weighted by atomic mass is 32.2. The van der Waals surface area contributed by atoms with Gasteiger partial charge in [-0.15, -0.1) is 0 Å². The van der Waals surface area contributed by atoms with Crippen molar-refractivity contribution in [2.75, 3.05) is 11.6 Å². The number of nitrogens with zero attached hydrogens (tertiary/aromatic N) is 1. The Morgan fingerprint density at radius 2 is 1.77 bits per heavy atom. The van der Waals surface area contributed by atoms with Crippen molar-refractivity contribution in [1.82, 2.24) is 4.90 Å². The number of alkyl halides is 4. The molecule has 2 aromatic carbocycles. The number of hydrogen-bond donors (Lipinski definition) is 2. The first-order valence-corrected chi connectivity index (χ1v) is 12.4. The van der Waals surface area contributed by atoms with E-state index in [1.54, 1.807) is 0 Å². The maximum absolute atomic E-state index is 13.5. The third kappa shape index (κ3) is 5.48. The predicted octanol–water partition coefficient (Wildman–Crippen LogP) is 3.63. The molecule has 2 N–H and O–H groups in total. The number of fused-ring (bicyclic) bond motifs is 1. The molecule has 12 heteroatoms. The minimum atomic E-state index is -4.91. The van der Waals surface area contributed by atoms with Gasteiger partial charge in [-0.1, -0.05) is 18.2 Å². The average Bonchev–Trinajstić information content (AvgIpc) is 3.11. The maximum atomic E-state index is 13.5. The number of rotatable bonds is 6. The Hall–Kier alpha value is -2.99. The summed E-state index contributed by atoms with van der Waals surface area (Å²) in [6, 6.07) is 7.22. The van der Waals surface area contributed by atoms with Gasteiger partial charge in [0.2, 0.25) is 5.91 Å². The molecule has 0 radical (unpaired) electrons. The molecule has 2 amide bonds. The Balaban J connectivity index is 1.92. The molecule has 0 saturated carbocycles. The molecule has 7 nitrogen and oxygen atoms in total. The van der Waals surface area contributed by atoms with Crippen molar-refractivity contribution in [1.29, 1.82) is 0 Å². The fourth-order valence-corrected chi connectivity index (χ4v) is 4.46. The molecule has 0 bridgehead atoms. The van der Waals surface area contributed by atoms with Crippen molar-refractivity contribution >= 4 is 27.3 Å². The van der Waals surface area contributed by atoms with Crippen LogP contribution in [-0.2, 0) is 31.6 Å². The molecule has 0 aliphatic carbocycles. The van der Waals surface area contributed by atoms with Gasteiger partial charge in [0.05, 0.1) is 11.3 Å². The van der Waals surface area contributed by atoms with E-state index < -0.39 is 57.6 Å². The van der Waals surface area contributed by atoms with Gasteiger partial charge in [0.15, 0.2) is 15.4 Å². The average molecular weight is 517 g/mol. The zero-order valence-electron chi connectivity index (χ0n) is 19.1. The predicted molar refractivity (Wildman–Crippen MR) is 119 cm³/mol. The number of nitrogens with one attached hydrogen (secondary N) is 1. The Bertz CT molecular complexity index is 1240. The molecule has 2 aromatic rings. The van der Waals surface area contributed by atoms with Crippen LogP contribution in [0.5, 0.6) is 0 Å². The standard InChI is InChI=1S/C23H24F4N2O5S/c1-13(24)10-19(30)29-12-14-11-17(35(3,33)34)8-9-18(14)20(29)21(31)28-16-6-4-15(5-7-16)22(2,32)23(25,26)27/h4-9,11,13,20,32H,10,12H2,1-3H3,(H,28,31)/t13-,20?,22?/m1/s1. The molecular formula is C23H24F4N2O5S. The second-order valence-electron chi connectivity index (χ2n) is 8.68. The summed E-state index contributed by atoms with van der Waals surface area (Å²) in [6.45, 7) is 1.68. The zero-order valence-corrected chi connectivity index (χ0v) is 19.9.